The van der Waals surface area contributed by atoms with Gasteiger partial charge in [-0.05, 0) is 18.2 Å². The first-order chi connectivity index (χ1) is 11.7. The van der Waals surface area contributed by atoms with Gasteiger partial charge in [-0.15, -0.1) is 0 Å². The van der Waals surface area contributed by atoms with Crippen molar-refractivity contribution in [2.75, 3.05) is 26.3 Å². The Bertz CT molecular complexity index is 851. The van der Waals surface area contributed by atoms with Crippen molar-refractivity contribution < 1.29 is 13.5 Å². The summed E-state index contributed by atoms with van der Waals surface area (Å²) in [5.41, 5.74) is 1.11. The summed E-state index contributed by atoms with van der Waals surface area (Å²) in [4.78, 5) is 10.1. The van der Waals surface area contributed by atoms with Crippen molar-refractivity contribution in [1.29, 1.82) is 0 Å². The Hall–Kier alpha value is -2.38. The van der Waals surface area contributed by atoms with Crippen LogP contribution in [0, 0.1) is 11.6 Å². The van der Waals surface area contributed by atoms with E-state index < -0.39 is 11.6 Å². The largest absolute Gasteiger partial charge is 0.379 e. The normalized spacial score (nSPS) is 15.9. The van der Waals surface area contributed by atoms with Gasteiger partial charge in [0.05, 0.1) is 18.9 Å². The zero-order valence-corrected chi connectivity index (χ0v) is 13.0. The lowest BCUT2D eigenvalue weighted by Crippen LogP contribution is -2.36. The van der Waals surface area contributed by atoms with Crippen LogP contribution in [0.5, 0.6) is 0 Å². The molecule has 0 saturated carbocycles. The molecule has 1 aliphatic rings. The highest BCUT2D eigenvalue weighted by molar-refractivity contribution is 5.76. The zero-order valence-electron chi connectivity index (χ0n) is 13.0. The molecule has 3 heterocycles. The third kappa shape index (κ3) is 2.76. The van der Waals surface area contributed by atoms with Crippen LogP contribution in [0.2, 0.25) is 0 Å². The zero-order chi connectivity index (χ0) is 16.5. The second-order valence-electron chi connectivity index (χ2n) is 5.76. The Labute approximate surface area is 137 Å². The number of halogens is 2. The minimum Gasteiger partial charge on any atom is -0.379 e. The molecule has 0 unspecified atom stereocenters. The van der Waals surface area contributed by atoms with Crippen molar-refractivity contribution in [2.45, 2.75) is 6.54 Å². The first-order valence-electron chi connectivity index (χ1n) is 7.78. The molecule has 0 spiro atoms. The van der Waals surface area contributed by atoms with Crippen molar-refractivity contribution in [2.24, 2.45) is 0 Å². The predicted octanol–water partition coefficient (Wildman–Crippen LogP) is 2.53. The van der Waals surface area contributed by atoms with Gasteiger partial charge in [0.1, 0.15) is 23.6 Å². The maximum atomic E-state index is 14.5. The summed E-state index contributed by atoms with van der Waals surface area (Å²) in [5.74, 6) is -1.10. The Morgan fingerprint density at radius 3 is 2.62 bits per heavy atom. The first-order valence-corrected chi connectivity index (χ1v) is 7.78. The van der Waals surface area contributed by atoms with Crippen molar-refractivity contribution in [3.8, 4) is 5.69 Å². The molecule has 1 aliphatic heterocycles. The Balaban J connectivity index is 1.68. The lowest BCUT2D eigenvalue weighted by Gasteiger charge is -2.27. The lowest BCUT2D eigenvalue weighted by molar-refractivity contribution is 0.0332. The van der Waals surface area contributed by atoms with Gasteiger partial charge >= 0.3 is 0 Å². The van der Waals surface area contributed by atoms with Gasteiger partial charge in [-0.3, -0.25) is 4.90 Å². The molecule has 5 nitrogen and oxygen atoms in total. The molecule has 4 rings (SSSR count). The Morgan fingerprint density at radius 2 is 1.88 bits per heavy atom. The summed E-state index contributed by atoms with van der Waals surface area (Å²) in [6.07, 6.45) is 4.81. The summed E-state index contributed by atoms with van der Waals surface area (Å²) in [5, 5.41) is 0.815. The van der Waals surface area contributed by atoms with Crippen LogP contribution in [0.4, 0.5) is 8.78 Å². The Morgan fingerprint density at radius 1 is 1.12 bits per heavy atom. The topological polar surface area (TPSA) is 43.2 Å². The van der Waals surface area contributed by atoms with E-state index >= 15 is 0 Å². The summed E-state index contributed by atoms with van der Waals surface area (Å²) < 4.78 is 35.9. The van der Waals surface area contributed by atoms with E-state index in [2.05, 4.69) is 9.97 Å². The van der Waals surface area contributed by atoms with Crippen LogP contribution in [0.25, 0.3) is 16.7 Å². The molecular formula is C17H16F2N4O. The minimum absolute atomic E-state index is 0.0896. The summed E-state index contributed by atoms with van der Waals surface area (Å²) >= 11 is 0. The molecule has 1 aromatic carbocycles. The van der Waals surface area contributed by atoms with Crippen LogP contribution >= 0.6 is 0 Å². The molecule has 7 heteroatoms. The molecule has 0 amide bonds. The number of hydrogen-bond acceptors (Lipinski definition) is 4. The van der Waals surface area contributed by atoms with Crippen molar-refractivity contribution in [1.82, 2.24) is 19.4 Å². The predicted molar refractivity (Wildman–Crippen MR) is 84.9 cm³/mol. The van der Waals surface area contributed by atoms with E-state index in [0.29, 0.717) is 37.6 Å². The fourth-order valence-corrected chi connectivity index (χ4v) is 2.95. The average Bonchev–Trinajstić information content (AvgIpc) is 3.03. The second-order valence-corrected chi connectivity index (χ2v) is 5.76. The SMILES string of the molecule is Fc1cc(-n2ccc3cncnc32)cc(F)c1CN1CCOCC1. The third-order valence-corrected chi connectivity index (χ3v) is 4.24. The second kappa shape index (κ2) is 6.26. The molecule has 0 aliphatic carbocycles. The summed E-state index contributed by atoms with van der Waals surface area (Å²) in [6, 6.07) is 4.51. The molecule has 0 radical (unpaired) electrons. The van der Waals surface area contributed by atoms with Crippen molar-refractivity contribution in [3.63, 3.8) is 0 Å². The monoisotopic (exact) mass is 330 g/mol. The van der Waals surface area contributed by atoms with Crippen molar-refractivity contribution >= 4 is 11.0 Å². The van der Waals surface area contributed by atoms with E-state index in [1.54, 1.807) is 17.0 Å². The average molecular weight is 330 g/mol. The van der Waals surface area contributed by atoms with E-state index in [1.165, 1.54) is 18.5 Å². The number of benzene rings is 1. The number of ether oxygens (including phenoxy) is 1. The van der Waals surface area contributed by atoms with E-state index in [1.807, 2.05) is 11.0 Å². The molecule has 0 bridgehead atoms. The van der Waals surface area contributed by atoms with Gasteiger partial charge < -0.3 is 9.30 Å². The molecule has 1 fully saturated rings. The number of nitrogens with zero attached hydrogens (tertiary/aromatic N) is 4. The molecule has 0 atom stereocenters. The Kier molecular flexibility index (Phi) is 3.95. The highest BCUT2D eigenvalue weighted by Gasteiger charge is 2.18. The molecule has 3 aromatic rings. The van der Waals surface area contributed by atoms with Crippen LogP contribution in [-0.4, -0.2) is 45.7 Å². The highest BCUT2D eigenvalue weighted by atomic mass is 19.1. The lowest BCUT2D eigenvalue weighted by atomic mass is 10.1. The summed E-state index contributed by atoms with van der Waals surface area (Å²) in [7, 11) is 0. The number of fused-ring (bicyclic) bond motifs is 1. The van der Waals surface area contributed by atoms with Gasteiger partial charge in [-0.2, -0.15) is 0 Å². The number of hydrogen-bond donors (Lipinski definition) is 0. The number of rotatable bonds is 3. The fourth-order valence-electron chi connectivity index (χ4n) is 2.95. The first kappa shape index (κ1) is 15.2. The smallest absolute Gasteiger partial charge is 0.147 e. The van der Waals surface area contributed by atoms with Gasteiger partial charge in [0.25, 0.3) is 0 Å². The van der Waals surface area contributed by atoms with E-state index in [9.17, 15) is 8.78 Å². The van der Waals surface area contributed by atoms with Gasteiger partial charge in [-0.25, -0.2) is 18.7 Å². The maximum Gasteiger partial charge on any atom is 0.147 e. The molecule has 2 aromatic heterocycles. The highest BCUT2D eigenvalue weighted by Crippen LogP contribution is 2.23. The molecule has 24 heavy (non-hydrogen) atoms. The van der Waals surface area contributed by atoms with Crippen LogP contribution in [0.15, 0.2) is 36.9 Å². The van der Waals surface area contributed by atoms with Gasteiger partial charge in [0.15, 0.2) is 0 Å². The van der Waals surface area contributed by atoms with Gasteiger partial charge in [0, 0.05) is 43.0 Å². The summed E-state index contributed by atoms with van der Waals surface area (Å²) in [6.45, 7) is 2.79. The molecular weight excluding hydrogens is 314 g/mol. The number of aromatic nitrogens is 3. The standard InChI is InChI=1S/C17H16F2N4O/c18-15-7-13(23-2-1-12-9-20-11-21-17(12)23)8-16(19)14(15)10-22-3-5-24-6-4-22/h1-2,7-9,11H,3-6,10H2. The molecule has 0 N–H and O–H groups in total. The van der Waals surface area contributed by atoms with Gasteiger partial charge in [-0.1, -0.05) is 0 Å². The van der Waals surface area contributed by atoms with E-state index in [4.69, 9.17) is 4.74 Å². The van der Waals surface area contributed by atoms with Crippen LogP contribution < -0.4 is 0 Å². The third-order valence-electron chi connectivity index (χ3n) is 4.24. The van der Waals surface area contributed by atoms with Crippen LogP contribution in [-0.2, 0) is 11.3 Å². The molecule has 1 saturated heterocycles. The minimum atomic E-state index is -0.549. The van der Waals surface area contributed by atoms with Crippen molar-refractivity contribution in [3.05, 3.63) is 54.1 Å². The van der Waals surface area contributed by atoms with Crippen LogP contribution in [0.1, 0.15) is 5.56 Å². The van der Waals surface area contributed by atoms with Gasteiger partial charge in [0.2, 0.25) is 0 Å². The van der Waals surface area contributed by atoms with E-state index in [-0.39, 0.29) is 12.1 Å². The van der Waals surface area contributed by atoms with E-state index in [0.717, 1.165) is 5.39 Å². The number of morpholine rings is 1. The molecule has 124 valence electrons. The fraction of sp³-hybridized carbons (Fsp3) is 0.294. The quantitative estimate of drug-likeness (QED) is 0.740. The maximum absolute atomic E-state index is 14.5. The van der Waals surface area contributed by atoms with Crippen LogP contribution in [0.3, 0.4) is 0 Å².